The van der Waals surface area contributed by atoms with Crippen molar-refractivity contribution in [3.63, 3.8) is 0 Å². The van der Waals surface area contributed by atoms with E-state index in [2.05, 4.69) is 5.32 Å². The first-order valence-corrected chi connectivity index (χ1v) is 7.86. The fraction of sp³-hybridized carbons (Fsp3) is 0.529. The summed E-state index contributed by atoms with van der Waals surface area (Å²) < 4.78 is 5.09. The van der Waals surface area contributed by atoms with Gasteiger partial charge in [-0.05, 0) is 43.5 Å². The molecule has 1 fully saturated rings. The molecule has 2 amide bonds. The van der Waals surface area contributed by atoms with E-state index in [0.29, 0.717) is 19.5 Å². The standard InChI is InChI=1S/C17H24N2O3/c1-3-4-16(20)19-11-9-13(10-12-19)17(21)18-14-5-7-15(22-2)8-6-14/h5-8,13H,3-4,9-12H2,1-2H3,(H,18,21). The van der Waals surface area contributed by atoms with Crippen molar-refractivity contribution in [1.82, 2.24) is 4.90 Å². The van der Waals surface area contributed by atoms with E-state index in [9.17, 15) is 9.59 Å². The third-order valence-corrected chi connectivity index (χ3v) is 4.04. The topological polar surface area (TPSA) is 58.6 Å². The van der Waals surface area contributed by atoms with Crippen LogP contribution in [0, 0.1) is 5.92 Å². The van der Waals surface area contributed by atoms with Crippen molar-refractivity contribution in [2.45, 2.75) is 32.6 Å². The average molecular weight is 304 g/mol. The van der Waals surface area contributed by atoms with Crippen LogP contribution in [0.3, 0.4) is 0 Å². The minimum Gasteiger partial charge on any atom is -0.497 e. The van der Waals surface area contributed by atoms with E-state index < -0.39 is 0 Å². The molecule has 1 N–H and O–H groups in total. The molecule has 0 spiro atoms. The van der Waals surface area contributed by atoms with Crippen LogP contribution in [0.2, 0.25) is 0 Å². The Kier molecular flexibility index (Phi) is 5.81. The highest BCUT2D eigenvalue weighted by molar-refractivity contribution is 5.92. The number of hydrogen-bond donors (Lipinski definition) is 1. The normalized spacial score (nSPS) is 15.5. The van der Waals surface area contributed by atoms with E-state index >= 15 is 0 Å². The lowest BCUT2D eigenvalue weighted by atomic mass is 9.95. The number of piperidine rings is 1. The summed E-state index contributed by atoms with van der Waals surface area (Å²) >= 11 is 0. The predicted molar refractivity (Wildman–Crippen MR) is 85.8 cm³/mol. The summed E-state index contributed by atoms with van der Waals surface area (Å²) in [5.41, 5.74) is 0.773. The number of nitrogens with one attached hydrogen (secondary N) is 1. The van der Waals surface area contributed by atoms with E-state index in [4.69, 9.17) is 4.74 Å². The number of carbonyl (C=O) groups excluding carboxylic acids is 2. The van der Waals surface area contributed by atoms with Crippen molar-refractivity contribution in [2.75, 3.05) is 25.5 Å². The first-order valence-electron chi connectivity index (χ1n) is 7.86. The summed E-state index contributed by atoms with van der Waals surface area (Å²) in [6.45, 7) is 3.37. The molecule has 0 bridgehead atoms. The van der Waals surface area contributed by atoms with E-state index in [0.717, 1.165) is 30.7 Å². The first-order chi connectivity index (χ1) is 10.6. The summed E-state index contributed by atoms with van der Waals surface area (Å²) in [4.78, 5) is 26.0. The molecule has 0 atom stereocenters. The van der Waals surface area contributed by atoms with Crippen LogP contribution in [-0.2, 0) is 9.59 Å². The number of nitrogens with zero attached hydrogens (tertiary/aromatic N) is 1. The van der Waals surface area contributed by atoms with Crippen molar-refractivity contribution in [1.29, 1.82) is 0 Å². The van der Waals surface area contributed by atoms with E-state index in [-0.39, 0.29) is 17.7 Å². The van der Waals surface area contributed by atoms with Crippen LogP contribution in [0.4, 0.5) is 5.69 Å². The zero-order chi connectivity index (χ0) is 15.9. The molecule has 1 aliphatic rings. The van der Waals surface area contributed by atoms with Crippen LogP contribution in [0.5, 0.6) is 5.75 Å². The lowest BCUT2D eigenvalue weighted by molar-refractivity contribution is -0.134. The second kappa shape index (κ2) is 7.82. The van der Waals surface area contributed by atoms with Crippen molar-refractivity contribution in [3.05, 3.63) is 24.3 Å². The quantitative estimate of drug-likeness (QED) is 0.910. The number of anilines is 1. The average Bonchev–Trinajstić information content (AvgIpc) is 2.56. The van der Waals surface area contributed by atoms with Gasteiger partial charge >= 0.3 is 0 Å². The van der Waals surface area contributed by atoms with Gasteiger partial charge < -0.3 is 15.0 Å². The molecule has 0 unspecified atom stereocenters. The van der Waals surface area contributed by atoms with Crippen molar-refractivity contribution in [2.24, 2.45) is 5.92 Å². The molecule has 1 aromatic carbocycles. The second-order valence-corrected chi connectivity index (χ2v) is 5.62. The van der Waals surface area contributed by atoms with Crippen LogP contribution in [-0.4, -0.2) is 36.9 Å². The molecular weight excluding hydrogens is 280 g/mol. The van der Waals surface area contributed by atoms with E-state index in [1.807, 2.05) is 36.1 Å². The van der Waals surface area contributed by atoms with Gasteiger partial charge in [0.15, 0.2) is 0 Å². The Labute approximate surface area is 131 Å². The van der Waals surface area contributed by atoms with Gasteiger partial charge in [-0.2, -0.15) is 0 Å². The molecule has 0 saturated carbocycles. The predicted octanol–water partition coefficient (Wildman–Crippen LogP) is 2.67. The van der Waals surface area contributed by atoms with Gasteiger partial charge in [0.1, 0.15) is 5.75 Å². The van der Waals surface area contributed by atoms with Gasteiger partial charge in [0, 0.05) is 31.1 Å². The highest BCUT2D eigenvalue weighted by atomic mass is 16.5. The maximum atomic E-state index is 12.3. The second-order valence-electron chi connectivity index (χ2n) is 5.62. The van der Waals surface area contributed by atoms with Crippen LogP contribution >= 0.6 is 0 Å². The van der Waals surface area contributed by atoms with Crippen LogP contribution in [0.15, 0.2) is 24.3 Å². The fourth-order valence-corrected chi connectivity index (χ4v) is 2.68. The first kappa shape index (κ1) is 16.3. The molecule has 5 nitrogen and oxygen atoms in total. The van der Waals surface area contributed by atoms with Gasteiger partial charge in [-0.1, -0.05) is 6.92 Å². The van der Waals surface area contributed by atoms with Gasteiger partial charge in [-0.25, -0.2) is 0 Å². The van der Waals surface area contributed by atoms with Gasteiger partial charge in [0.25, 0.3) is 0 Å². The third kappa shape index (κ3) is 4.23. The van der Waals surface area contributed by atoms with Crippen molar-refractivity contribution in [3.8, 4) is 5.75 Å². The smallest absolute Gasteiger partial charge is 0.227 e. The Bertz CT molecular complexity index is 505. The number of carbonyl (C=O) groups is 2. The van der Waals surface area contributed by atoms with Gasteiger partial charge in [-0.15, -0.1) is 0 Å². The van der Waals surface area contributed by atoms with Gasteiger partial charge in [-0.3, -0.25) is 9.59 Å². The number of benzene rings is 1. The summed E-state index contributed by atoms with van der Waals surface area (Å²) in [7, 11) is 1.61. The Balaban J connectivity index is 1.83. The summed E-state index contributed by atoms with van der Waals surface area (Å²) in [6.07, 6.45) is 2.94. The van der Waals surface area contributed by atoms with E-state index in [1.54, 1.807) is 7.11 Å². The summed E-state index contributed by atoms with van der Waals surface area (Å²) in [6, 6.07) is 7.30. The van der Waals surface area contributed by atoms with Crippen LogP contribution < -0.4 is 10.1 Å². The van der Waals surface area contributed by atoms with Crippen molar-refractivity contribution < 1.29 is 14.3 Å². The fourth-order valence-electron chi connectivity index (χ4n) is 2.68. The van der Waals surface area contributed by atoms with E-state index in [1.165, 1.54) is 0 Å². The van der Waals surface area contributed by atoms with Crippen molar-refractivity contribution >= 4 is 17.5 Å². The Morgan fingerprint density at radius 3 is 2.41 bits per heavy atom. The molecule has 22 heavy (non-hydrogen) atoms. The lowest BCUT2D eigenvalue weighted by Gasteiger charge is -2.31. The Morgan fingerprint density at radius 2 is 1.86 bits per heavy atom. The van der Waals surface area contributed by atoms with Gasteiger partial charge in [0.2, 0.25) is 11.8 Å². The maximum absolute atomic E-state index is 12.3. The number of rotatable bonds is 5. The molecule has 0 aliphatic carbocycles. The summed E-state index contributed by atoms with van der Waals surface area (Å²) in [5, 5.41) is 2.93. The number of ether oxygens (including phenoxy) is 1. The molecule has 1 aromatic rings. The minimum atomic E-state index is -0.0206. The third-order valence-electron chi connectivity index (χ3n) is 4.04. The van der Waals surface area contributed by atoms with Crippen LogP contribution in [0.25, 0.3) is 0 Å². The zero-order valence-electron chi connectivity index (χ0n) is 13.3. The molecule has 120 valence electrons. The van der Waals surface area contributed by atoms with Gasteiger partial charge in [0.05, 0.1) is 7.11 Å². The number of hydrogen-bond acceptors (Lipinski definition) is 3. The molecular formula is C17H24N2O3. The molecule has 1 saturated heterocycles. The highest BCUT2D eigenvalue weighted by Gasteiger charge is 2.26. The summed E-state index contributed by atoms with van der Waals surface area (Å²) in [5.74, 6) is 0.984. The zero-order valence-corrected chi connectivity index (χ0v) is 13.3. The maximum Gasteiger partial charge on any atom is 0.227 e. The molecule has 2 rings (SSSR count). The number of amides is 2. The van der Waals surface area contributed by atoms with Crippen LogP contribution in [0.1, 0.15) is 32.6 Å². The molecule has 0 aromatic heterocycles. The lowest BCUT2D eigenvalue weighted by Crippen LogP contribution is -2.41. The molecule has 5 heteroatoms. The molecule has 0 radical (unpaired) electrons. The molecule has 1 heterocycles. The number of methoxy groups -OCH3 is 1. The number of likely N-dealkylation sites (tertiary alicyclic amines) is 1. The molecule has 1 aliphatic heterocycles. The monoisotopic (exact) mass is 304 g/mol. The largest absolute Gasteiger partial charge is 0.497 e. The minimum absolute atomic E-state index is 0.0206. The Morgan fingerprint density at radius 1 is 1.23 bits per heavy atom. The highest BCUT2D eigenvalue weighted by Crippen LogP contribution is 2.21. The Hall–Kier alpha value is -2.04. The SMILES string of the molecule is CCCC(=O)N1CCC(C(=O)Nc2ccc(OC)cc2)CC1.